The molecule has 0 saturated carbocycles. The molecule has 4 heterocycles. The van der Waals surface area contributed by atoms with E-state index in [1.165, 1.54) is 11.0 Å². The van der Waals surface area contributed by atoms with Gasteiger partial charge in [-0.1, -0.05) is 6.07 Å². The highest BCUT2D eigenvalue weighted by molar-refractivity contribution is 7.59. The van der Waals surface area contributed by atoms with Crippen molar-refractivity contribution in [2.45, 2.75) is 50.3 Å². The molecule has 2 atom stereocenters. The van der Waals surface area contributed by atoms with Crippen molar-refractivity contribution in [2.24, 2.45) is 0 Å². The van der Waals surface area contributed by atoms with Crippen LogP contribution in [-0.2, 0) is 44.7 Å². The lowest BCUT2D eigenvalue weighted by atomic mass is 10.0. The van der Waals surface area contributed by atoms with E-state index >= 15 is 0 Å². The number of carbonyl (C=O) groups is 7. The summed E-state index contributed by atoms with van der Waals surface area (Å²) in [6, 6.07) is 13.3. The van der Waals surface area contributed by atoms with E-state index in [2.05, 4.69) is 20.9 Å². The number of H-pyrrole nitrogens is 1. The summed E-state index contributed by atoms with van der Waals surface area (Å²) in [5.74, 6) is -5.85. The van der Waals surface area contributed by atoms with Crippen LogP contribution in [0.2, 0.25) is 0 Å². The van der Waals surface area contributed by atoms with Crippen molar-refractivity contribution >= 4 is 77.0 Å². The highest BCUT2D eigenvalue weighted by atomic mass is 32.1. The number of halogens is 2. The SMILES string of the molecule is O=C1CCC(N2C(=O)c3cccc(NCCOCCOCCOCCOCCCC(=O)c4cc5cc(N6CC[C@](O)(C(=O)NCc7cc(F)cc(F)c7)C6=O)ccc5[nH]4)c3C2=O)C(=O)N1.S. The lowest BCUT2D eigenvalue weighted by Gasteiger charge is -2.27. The molecular formula is C45H50F2N6O12S. The number of aromatic nitrogens is 1. The van der Waals surface area contributed by atoms with Crippen LogP contribution in [0.1, 0.15) is 68.9 Å². The van der Waals surface area contributed by atoms with E-state index < -0.39 is 58.7 Å². The van der Waals surface area contributed by atoms with Gasteiger partial charge < -0.3 is 44.6 Å². The zero-order valence-electron chi connectivity index (χ0n) is 35.8. The minimum Gasteiger partial charge on any atom is -0.382 e. The summed E-state index contributed by atoms with van der Waals surface area (Å²) in [5.41, 5.74) is 0.0506. The van der Waals surface area contributed by atoms with Crippen LogP contribution in [0.15, 0.2) is 60.7 Å². The van der Waals surface area contributed by atoms with Gasteiger partial charge in [-0.25, -0.2) is 8.78 Å². The van der Waals surface area contributed by atoms with Crippen molar-refractivity contribution in [2.75, 3.05) is 76.2 Å². The Morgan fingerprint density at radius 3 is 2.21 bits per heavy atom. The van der Waals surface area contributed by atoms with Crippen molar-refractivity contribution in [1.82, 2.24) is 20.5 Å². The van der Waals surface area contributed by atoms with E-state index in [9.17, 15) is 47.4 Å². The second-order valence-electron chi connectivity index (χ2n) is 15.6. The van der Waals surface area contributed by atoms with Gasteiger partial charge in [0, 0.05) is 73.8 Å². The van der Waals surface area contributed by atoms with Crippen LogP contribution < -0.4 is 20.9 Å². The van der Waals surface area contributed by atoms with E-state index in [-0.39, 0.29) is 74.7 Å². The Bertz CT molecular complexity index is 2470. The van der Waals surface area contributed by atoms with Gasteiger partial charge in [-0.2, -0.15) is 13.5 Å². The predicted molar refractivity (Wildman–Crippen MR) is 237 cm³/mol. The van der Waals surface area contributed by atoms with Crippen LogP contribution in [0.25, 0.3) is 10.9 Å². The molecule has 7 rings (SSSR count). The van der Waals surface area contributed by atoms with Crippen molar-refractivity contribution in [1.29, 1.82) is 0 Å². The fraction of sp³-hybridized carbons (Fsp3) is 0.400. The molecule has 2 fully saturated rings. The number of amides is 6. The summed E-state index contributed by atoms with van der Waals surface area (Å²) >= 11 is 0. The molecule has 21 heteroatoms. The van der Waals surface area contributed by atoms with Crippen LogP contribution in [-0.4, -0.2) is 134 Å². The van der Waals surface area contributed by atoms with Gasteiger partial charge in [0.05, 0.1) is 63.1 Å². The molecule has 1 aromatic heterocycles. The van der Waals surface area contributed by atoms with Gasteiger partial charge in [0.1, 0.15) is 17.7 Å². The summed E-state index contributed by atoms with van der Waals surface area (Å²) in [7, 11) is 0. The molecule has 352 valence electrons. The van der Waals surface area contributed by atoms with Gasteiger partial charge in [0.25, 0.3) is 23.6 Å². The number of anilines is 2. The molecule has 3 aliphatic rings. The number of carbonyl (C=O) groups excluding carboxylic acids is 7. The molecule has 3 aromatic carbocycles. The molecule has 3 aliphatic heterocycles. The zero-order valence-corrected chi connectivity index (χ0v) is 36.8. The standard InChI is InChI=1S/C45H48F2N6O12.H2S/c46-29-21-27(22-30(47)25-29)26-49-43(59)45(61)10-12-52(44(45)60)31-6-7-33-28(23-31)24-35(50-33)37(54)5-2-13-62-15-17-64-19-20-65-18-16-63-14-11-48-34-4-1-3-32-39(34)42(58)53(41(32)57)36-8-9-38(55)51-40(36)56;/h1,3-4,6-7,21-25,36,48,50,61H,2,5,8-20,26H2,(H,49,59)(H,51,55,56);1H2/t36?,45-;/m0./s1. The van der Waals surface area contributed by atoms with E-state index in [4.69, 9.17) is 18.9 Å². The summed E-state index contributed by atoms with van der Waals surface area (Å²) < 4.78 is 49.3. The second-order valence-corrected chi connectivity index (χ2v) is 15.6. The molecule has 0 spiro atoms. The normalized spacial score (nSPS) is 18.2. The van der Waals surface area contributed by atoms with Crippen molar-refractivity contribution < 1.29 is 66.4 Å². The molecule has 6 amide bonds. The molecule has 0 radical (unpaired) electrons. The van der Waals surface area contributed by atoms with Crippen LogP contribution >= 0.6 is 13.5 Å². The number of nitrogens with one attached hydrogen (secondary N) is 4. The number of benzene rings is 3. The molecule has 18 nitrogen and oxygen atoms in total. The molecule has 66 heavy (non-hydrogen) atoms. The molecule has 0 bridgehead atoms. The van der Waals surface area contributed by atoms with E-state index in [0.29, 0.717) is 99.9 Å². The van der Waals surface area contributed by atoms with Crippen molar-refractivity contribution in [3.05, 3.63) is 94.7 Å². The van der Waals surface area contributed by atoms with E-state index in [1.54, 1.807) is 36.4 Å². The monoisotopic (exact) mass is 936 g/mol. The third-order valence-corrected chi connectivity index (χ3v) is 11.1. The maximum atomic E-state index is 13.5. The molecule has 2 saturated heterocycles. The van der Waals surface area contributed by atoms with Gasteiger partial charge in [0.15, 0.2) is 5.78 Å². The predicted octanol–water partition coefficient (Wildman–Crippen LogP) is 2.89. The topological polar surface area (TPSA) is 235 Å². The average Bonchev–Trinajstić information content (AvgIpc) is 3.93. The number of ether oxygens (including phenoxy) is 4. The van der Waals surface area contributed by atoms with Crippen LogP contribution in [0.4, 0.5) is 20.2 Å². The smallest absolute Gasteiger partial charge is 0.268 e. The number of Topliss-reactive ketones (excluding diaryl/α,β-unsaturated/α-hetero) is 1. The second kappa shape index (κ2) is 22.4. The maximum absolute atomic E-state index is 13.5. The first kappa shape index (κ1) is 49.3. The number of rotatable bonds is 23. The molecule has 1 unspecified atom stereocenters. The number of hydrogen-bond donors (Lipinski definition) is 5. The number of imide groups is 2. The summed E-state index contributed by atoms with van der Waals surface area (Å²) in [4.78, 5) is 94.4. The fourth-order valence-corrected chi connectivity index (χ4v) is 7.79. The summed E-state index contributed by atoms with van der Waals surface area (Å²) in [6.45, 7) is 2.74. The minimum absolute atomic E-state index is 0. The Labute approximate surface area is 384 Å². The number of aromatic amines is 1. The first-order chi connectivity index (χ1) is 31.3. The summed E-state index contributed by atoms with van der Waals surface area (Å²) in [5, 5.41) is 19.3. The minimum atomic E-state index is -2.36. The Morgan fingerprint density at radius 1 is 0.833 bits per heavy atom. The Morgan fingerprint density at radius 2 is 1.52 bits per heavy atom. The Kier molecular flexibility index (Phi) is 16.7. The number of nitrogens with zero attached hydrogens (tertiary/aromatic N) is 2. The molecular weight excluding hydrogens is 887 g/mol. The van der Waals surface area contributed by atoms with Gasteiger partial charge in [-0.3, -0.25) is 43.8 Å². The van der Waals surface area contributed by atoms with Gasteiger partial charge in [-0.05, 0) is 66.9 Å². The molecule has 4 aromatic rings. The van der Waals surface area contributed by atoms with E-state index in [1.807, 2.05) is 0 Å². The Hall–Kier alpha value is -6.10. The van der Waals surface area contributed by atoms with E-state index in [0.717, 1.165) is 17.0 Å². The quantitative estimate of drug-likeness (QED) is 0.0312. The maximum Gasteiger partial charge on any atom is 0.268 e. The van der Waals surface area contributed by atoms with Crippen molar-refractivity contribution in [3.63, 3.8) is 0 Å². The van der Waals surface area contributed by atoms with Gasteiger partial charge in [0.2, 0.25) is 17.4 Å². The summed E-state index contributed by atoms with van der Waals surface area (Å²) in [6.07, 6.45) is 0.626. The van der Waals surface area contributed by atoms with Crippen LogP contribution in [0, 0.1) is 11.6 Å². The lowest BCUT2D eigenvalue weighted by molar-refractivity contribution is -0.149. The van der Waals surface area contributed by atoms with Crippen LogP contribution in [0.5, 0.6) is 0 Å². The highest BCUT2D eigenvalue weighted by Crippen LogP contribution is 2.33. The van der Waals surface area contributed by atoms with Gasteiger partial charge in [-0.15, -0.1) is 0 Å². The lowest BCUT2D eigenvalue weighted by Crippen LogP contribution is -2.54. The number of ketones is 1. The fourth-order valence-electron chi connectivity index (χ4n) is 7.79. The third kappa shape index (κ3) is 11.5. The molecule has 5 N–H and O–H groups in total. The highest BCUT2D eigenvalue weighted by Gasteiger charge is 2.52. The number of fused-ring (bicyclic) bond motifs is 2. The number of piperidine rings is 1. The largest absolute Gasteiger partial charge is 0.382 e. The Balaban J connectivity index is 0.00000720. The first-order valence-electron chi connectivity index (χ1n) is 21.2. The van der Waals surface area contributed by atoms with Gasteiger partial charge >= 0.3 is 0 Å². The van der Waals surface area contributed by atoms with Crippen LogP contribution in [0.3, 0.4) is 0 Å². The number of aliphatic hydroxyl groups is 1. The average molecular weight is 937 g/mol. The molecule has 0 aliphatic carbocycles. The third-order valence-electron chi connectivity index (χ3n) is 11.1. The first-order valence-corrected chi connectivity index (χ1v) is 21.2. The zero-order chi connectivity index (χ0) is 46.1. The van der Waals surface area contributed by atoms with Crippen molar-refractivity contribution in [3.8, 4) is 0 Å². The number of hydrogen-bond acceptors (Lipinski definition) is 13.